The smallest absolute Gasteiger partial charge is 0.265 e. The van der Waals surface area contributed by atoms with Crippen LogP contribution < -0.4 is 0 Å². The average Bonchev–Trinajstić information content (AvgIpc) is 3.10. The molecule has 0 N–H and O–H groups in total. The molecule has 1 fully saturated rings. The molecule has 2 amide bonds. The second kappa shape index (κ2) is 8.82. The van der Waals surface area contributed by atoms with Gasteiger partial charge in [-0.1, -0.05) is 0 Å². The van der Waals surface area contributed by atoms with Crippen LogP contribution in [0.2, 0.25) is 0 Å². The van der Waals surface area contributed by atoms with Crippen molar-refractivity contribution in [1.82, 2.24) is 14.8 Å². The van der Waals surface area contributed by atoms with E-state index in [1.54, 1.807) is 12.1 Å². The Labute approximate surface area is 169 Å². The van der Waals surface area contributed by atoms with Gasteiger partial charge in [0.05, 0.1) is 5.69 Å². The van der Waals surface area contributed by atoms with Gasteiger partial charge >= 0.3 is 0 Å². The molecule has 0 unspecified atom stereocenters. The monoisotopic (exact) mass is 403 g/mol. The molecule has 2 heterocycles. The lowest BCUT2D eigenvalue weighted by molar-refractivity contribution is -0.136. The maximum absolute atomic E-state index is 13.1. The van der Waals surface area contributed by atoms with Gasteiger partial charge < -0.3 is 9.80 Å². The number of benzene rings is 1. The molecule has 28 heavy (non-hydrogen) atoms. The van der Waals surface area contributed by atoms with Gasteiger partial charge in [0.1, 0.15) is 15.7 Å². The minimum atomic E-state index is -0.296. The summed E-state index contributed by atoms with van der Waals surface area (Å²) >= 11 is 1.34. The maximum atomic E-state index is 13.1. The summed E-state index contributed by atoms with van der Waals surface area (Å²) in [5.74, 6) is -0.126. The first-order valence-corrected chi connectivity index (χ1v) is 10.6. The molecule has 1 aromatic carbocycles. The molecule has 0 spiro atoms. The lowest BCUT2D eigenvalue weighted by Crippen LogP contribution is -2.44. The Morgan fingerprint density at radius 2 is 1.79 bits per heavy atom. The van der Waals surface area contributed by atoms with E-state index in [0.29, 0.717) is 41.5 Å². The number of carbonyl (C=O) groups excluding carboxylic acids is 2. The first-order chi connectivity index (χ1) is 13.4. The van der Waals surface area contributed by atoms with E-state index in [0.717, 1.165) is 18.7 Å². The summed E-state index contributed by atoms with van der Waals surface area (Å²) in [7, 11) is 0. The summed E-state index contributed by atoms with van der Waals surface area (Å²) < 4.78 is 13.1. The Hall–Kier alpha value is -2.28. The largest absolute Gasteiger partial charge is 0.343 e. The van der Waals surface area contributed by atoms with Gasteiger partial charge in [-0.25, -0.2) is 9.37 Å². The molecular formula is C21H26FN3O2S. The van der Waals surface area contributed by atoms with E-state index in [1.807, 2.05) is 30.6 Å². The number of thiazole rings is 1. The zero-order valence-corrected chi connectivity index (χ0v) is 17.4. The number of hydrogen-bond acceptors (Lipinski definition) is 4. The van der Waals surface area contributed by atoms with E-state index in [2.05, 4.69) is 4.98 Å². The Balaban J connectivity index is 1.67. The Morgan fingerprint density at radius 3 is 2.36 bits per heavy atom. The van der Waals surface area contributed by atoms with E-state index in [-0.39, 0.29) is 23.5 Å². The molecule has 0 saturated carbocycles. The molecule has 150 valence electrons. The number of amides is 2. The summed E-state index contributed by atoms with van der Waals surface area (Å²) in [6.45, 7) is 8.42. The number of likely N-dealkylation sites (tertiary alicyclic amines) is 1. The molecule has 1 aliphatic rings. The lowest BCUT2D eigenvalue weighted by atomic mass is 9.95. The third kappa shape index (κ3) is 4.24. The number of halogens is 1. The highest BCUT2D eigenvalue weighted by atomic mass is 32.1. The SMILES string of the molecule is CCN(CC)C(=O)C1CCN(C(=O)c2sc(-c3ccc(F)cc3)nc2C)CC1. The van der Waals surface area contributed by atoms with Crippen LogP contribution in [0, 0.1) is 18.7 Å². The van der Waals surface area contributed by atoms with Gasteiger partial charge in [-0.05, 0) is 57.9 Å². The second-order valence-electron chi connectivity index (χ2n) is 7.02. The zero-order chi connectivity index (χ0) is 20.3. The highest BCUT2D eigenvalue weighted by Crippen LogP contribution is 2.30. The van der Waals surface area contributed by atoms with Crippen LogP contribution in [0.4, 0.5) is 4.39 Å². The first-order valence-electron chi connectivity index (χ1n) is 9.76. The Bertz CT molecular complexity index is 838. The minimum Gasteiger partial charge on any atom is -0.343 e. The Kier molecular flexibility index (Phi) is 6.44. The summed E-state index contributed by atoms with van der Waals surface area (Å²) in [5, 5.41) is 0.715. The van der Waals surface area contributed by atoms with Gasteiger partial charge in [-0.2, -0.15) is 0 Å². The fraction of sp³-hybridized carbons (Fsp3) is 0.476. The van der Waals surface area contributed by atoms with Gasteiger partial charge in [0.2, 0.25) is 5.91 Å². The number of nitrogens with zero attached hydrogens (tertiary/aromatic N) is 3. The van der Waals surface area contributed by atoms with E-state index in [1.165, 1.54) is 23.5 Å². The van der Waals surface area contributed by atoms with Crippen LogP contribution in [0.5, 0.6) is 0 Å². The van der Waals surface area contributed by atoms with Gasteiger partial charge in [0.15, 0.2) is 0 Å². The van der Waals surface area contributed by atoms with Crippen molar-refractivity contribution in [2.75, 3.05) is 26.2 Å². The number of aromatic nitrogens is 1. The predicted octanol–water partition coefficient (Wildman–Crippen LogP) is 3.98. The van der Waals surface area contributed by atoms with Crippen molar-refractivity contribution in [1.29, 1.82) is 0 Å². The van der Waals surface area contributed by atoms with Crippen LogP contribution in [-0.4, -0.2) is 52.8 Å². The fourth-order valence-corrected chi connectivity index (χ4v) is 4.62. The molecular weight excluding hydrogens is 377 g/mol. The second-order valence-corrected chi connectivity index (χ2v) is 8.02. The molecule has 1 saturated heterocycles. The van der Waals surface area contributed by atoms with Crippen LogP contribution in [-0.2, 0) is 4.79 Å². The number of rotatable bonds is 5. The molecule has 0 bridgehead atoms. The number of hydrogen-bond donors (Lipinski definition) is 0. The third-order valence-electron chi connectivity index (χ3n) is 5.29. The predicted molar refractivity (Wildman–Crippen MR) is 109 cm³/mol. The lowest BCUT2D eigenvalue weighted by Gasteiger charge is -2.33. The normalized spacial score (nSPS) is 14.9. The molecule has 3 rings (SSSR count). The van der Waals surface area contributed by atoms with E-state index < -0.39 is 0 Å². The number of aryl methyl sites for hydroxylation is 1. The van der Waals surface area contributed by atoms with Crippen molar-refractivity contribution in [2.24, 2.45) is 5.92 Å². The van der Waals surface area contributed by atoms with Crippen LogP contribution >= 0.6 is 11.3 Å². The van der Waals surface area contributed by atoms with Gasteiger partial charge in [-0.3, -0.25) is 9.59 Å². The van der Waals surface area contributed by atoms with Crippen molar-refractivity contribution in [3.05, 3.63) is 40.7 Å². The van der Waals surface area contributed by atoms with Crippen LogP contribution in [0.25, 0.3) is 10.6 Å². The standard InChI is InChI=1S/C21H26FN3O2S/c1-4-24(5-2)20(26)16-10-12-25(13-11-16)21(27)18-14(3)23-19(28-18)15-6-8-17(22)9-7-15/h6-9,16H,4-5,10-13H2,1-3H3. The summed E-state index contributed by atoms with van der Waals surface area (Å²) in [4.78, 5) is 34.3. The number of piperidine rings is 1. The van der Waals surface area contributed by atoms with Gasteiger partial charge in [0, 0.05) is 37.7 Å². The first kappa shape index (κ1) is 20.5. The Morgan fingerprint density at radius 1 is 1.18 bits per heavy atom. The quantitative estimate of drug-likeness (QED) is 0.759. The van der Waals surface area contributed by atoms with Crippen molar-refractivity contribution in [3.63, 3.8) is 0 Å². The fourth-order valence-electron chi connectivity index (χ4n) is 3.58. The summed E-state index contributed by atoms with van der Waals surface area (Å²) in [5.41, 5.74) is 1.49. The highest BCUT2D eigenvalue weighted by Gasteiger charge is 2.31. The topological polar surface area (TPSA) is 53.5 Å². The molecule has 0 atom stereocenters. The van der Waals surface area contributed by atoms with Crippen LogP contribution in [0.3, 0.4) is 0 Å². The average molecular weight is 404 g/mol. The zero-order valence-electron chi connectivity index (χ0n) is 16.6. The molecule has 5 nitrogen and oxygen atoms in total. The number of carbonyl (C=O) groups is 2. The van der Waals surface area contributed by atoms with Crippen molar-refractivity contribution < 1.29 is 14.0 Å². The van der Waals surface area contributed by atoms with Gasteiger partial charge in [0.25, 0.3) is 5.91 Å². The van der Waals surface area contributed by atoms with E-state index in [9.17, 15) is 14.0 Å². The van der Waals surface area contributed by atoms with E-state index in [4.69, 9.17) is 0 Å². The van der Waals surface area contributed by atoms with Crippen molar-refractivity contribution >= 4 is 23.2 Å². The van der Waals surface area contributed by atoms with Crippen molar-refractivity contribution in [2.45, 2.75) is 33.6 Å². The summed E-state index contributed by atoms with van der Waals surface area (Å²) in [6, 6.07) is 6.13. The highest BCUT2D eigenvalue weighted by molar-refractivity contribution is 7.17. The van der Waals surface area contributed by atoms with E-state index >= 15 is 0 Å². The molecule has 7 heteroatoms. The maximum Gasteiger partial charge on any atom is 0.265 e. The van der Waals surface area contributed by atoms with Crippen LogP contribution in [0.1, 0.15) is 42.1 Å². The van der Waals surface area contributed by atoms with Crippen LogP contribution in [0.15, 0.2) is 24.3 Å². The molecule has 1 aliphatic heterocycles. The third-order valence-corrected chi connectivity index (χ3v) is 6.48. The summed E-state index contributed by atoms with van der Waals surface area (Å²) in [6.07, 6.45) is 1.40. The van der Waals surface area contributed by atoms with Crippen molar-refractivity contribution in [3.8, 4) is 10.6 Å². The molecule has 0 aliphatic carbocycles. The molecule has 2 aromatic rings. The molecule has 0 radical (unpaired) electrons. The van der Waals surface area contributed by atoms with Gasteiger partial charge in [-0.15, -0.1) is 11.3 Å². The minimum absolute atomic E-state index is 0.00119. The molecule has 1 aromatic heterocycles.